The lowest BCUT2D eigenvalue weighted by Crippen LogP contribution is -2.19. The molecule has 0 aromatic heterocycles. The van der Waals surface area contributed by atoms with Crippen molar-refractivity contribution in [1.82, 2.24) is 0 Å². The van der Waals surface area contributed by atoms with Gasteiger partial charge >= 0.3 is 6.18 Å². The van der Waals surface area contributed by atoms with Crippen molar-refractivity contribution in [2.45, 2.75) is 19.1 Å². The first-order valence-corrected chi connectivity index (χ1v) is 7.90. The van der Waals surface area contributed by atoms with E-state index in [4.69, 9.17) is 4.74 Å². The van der Waals surface area contributed by atoms with Gasteiger partial charge in [-0.1, -0.05) is 12.1 Å². The number of nitrogens with zero attached hydrogens (tertiary/aromatic N) is 1. The number of nitro groups is 1. The van der Waals surface area contributed by atoms with Gasteiger partial charge in [-0.2, -0.15) is 13.2 Å². The maximum Gasteiger partial charge on any atom is 0.422 e. The molecule has 0 amide bonds. The Balaban J connectivity index is 1.76. The zero-order chi connectivity index (χ0) is 18.7. The first-order valence-electron chi connectivity index (χ1n) is 7.90. The fourth-order valence-corrected chi connectivity index (χ4v) is 2.83. The first-order chi connectivity index (χ1) is 12.3. The number of hydrogen-bond donors (Lipinski definition) is 2. The minimum Gasteiger partial charge on any atom is -0.484 e. The van der Waals surface area contributed by atoms with Gasteiger partial charge < -0.3 is 15.4 Å². The van der Waals surface area contributed by atoms with Crippen molar-refractivity contribution < 1.29 is 22.8 Å². The Hall–Kier alpha value is -2.97. The largest absolute Gasteiger partial charge is 0.484 e. The summed E-state index contributed by atoms with van der Waals surface area (Å²) in [4.78, 5) is 10.8. The number of ether oxygens (including phenoxy) is 1. The maximum atomic E-state index is 12.3. The molecular formula is C17H16F3N3O3. The molecule has 1 aliphatic heterocycles. The highest BCUT2D eigenvalue weighted by Crippen LogP contribution is 2.37. The maximum absolute atomic E-state index is 12.3. The lowest BCUT2D eigenvalue weighted by Gasteiger charge is -2.13. The highest BCUT2D eigenvalue weighted by atomic mass is 19.4. The summed E-state index contributed by atoms with van der Waals surface area (Å²) in [6.45, 7) is -0.445. The number of alkyl halides is 3. The zero-order valence-corrected chi connectivity index (χ0v) is 13.6. The van der Waals surface area contributed by atoms with Crippen molar-refractivity contribution in [2.75, 3.05) is 23.8 Å². The second kappa shape index (κ2) is 7.11. The summed E-state index contributed by atoms with van der Waals surface area (Å²) in [5.41, 5.74) is 2.74. The fraction of sp³-hybridized carbons (Fsp3) is 0.294. The molecule has 0 fully saturated rings. The van der Waals surface area contributed by atoms with Gasteiger partial charge in [0.2, 0.25) is 0 Å². The number of hydrogen-bond acceptors (Lipinski definition) is 5. The SMILES string of the molecule is O=[N+]([O-])c1ccc2c(c1NCc1cccc(OCC(F)(F)F)c1)CCN2. The summed E-state index contributed by atoms with van der Waals surface area (Å²) < 4.78 is 41.5. The summed E-state index contributed by atoms with van der Waals surface area (Å²) in [6, 6.07) is 9.31. The van der Waals surface area contributed by atoms with E-state index in [1.165, 1.54) is 18.2 Å². The second-order valence-corrected chi connectivity index (χ2v) is 5.82. The third kappa shape index (κ3) is 4.16. The van der Waals surface area contributed by atoms with Gasteiger partial charge in [0.25, 0.3) is 5.69 Å². The van der Waals surface area contributed by atoms with Crippen molar-refractivity contribution >= 4 is 17.1 Å². The van der Waals surface area contributed by atoms with Gasteiger partial charge in [-0.3, -0.25) is 10.1 Å². The van der Waals surface area contributed by atoms with Gasteiger partial charge in [-0.25, -0.2) is 0 Å². The molecule has 26 heavy (non-hydrogen) atoms. The Morgan fingerprint density at radius 3 is 2.81 bits per heavy atom. The van der Waals surface area contributed by atoms with Crippen LogP contribution in [0.1, 0.15) is 11.1 Å². The van der Waals surface area contributed by atoms with Crippen LogP contribution in [0.25, 0.3) is 0 Å². The van der Waals surface area contributed by atoms with Gasteiger partial charge in [0, 0.05) is 30.4 Å². The van der Waals surface area contributed by atoms with E-state index in [2.05, 4.69) is 10.6 Å². The van der Waals surface area contributed by atoms with Crippen molar-refractivity contribution in [3.05, 3.63) is 57.6 Å². The molecular weight excluding hydrogens is 351 g/mol. The smallest absolute Gasteiger partial charge is 0.422 e. The molecule has 0 radical (unpaired) electrons. The number of halogens is 3. The number of fused-ring (bicyclic) bond motifs is 1. The van der Waals surface area contributed by atoms with E-state index in [9.17, 15) is 23.3 Å². The summed E-state index contributed by atoms with van der Waals surface area (Å²) >= 11 is 0. The molecule has 0 atom stereocenters. The first kappa shape index (κ1) is 17.8. The van der Waals surface area contributed by atoms with Crippen molar-refractivity contribution in [1.29, 1.82) is 0 Å². The number of nitrogens with one attached hydrogen (secondary N) is 2. The van der Waals surface area contributed by atoms with Crippen LogP contribution in [0.15, 0.2) is 36.4 Å². The van der Waals surface area contributed by atoms with Crippen LogP contribution in [-0.4, -0.2) is 24.3 Å². The van der Waals surface area contributed by atoms with E-state index in [1.807, 2.05) is 0 Å². The minimum atomic E-state index is -4.41. The Labute approximate surface area is 147 Å². The van der Waals surface area contributed by atoms with Gasteiger partial charge in [0.05, 0.1) is 4.92 Å². The van der Waals surface area contributed by atoms with Crippen LogP contribution < -0.4 is 15.4 Å². The number of rotatable bonds is 6. The van der Waals surface area contributed by atoms with E-state index in [-0.39, 0.29) is 18.0 Å². The molecule has 0 spiro atoms. The van der Waals surface area contributed by atoms with Crippen LogP contribution in [0, 0.1) is 10.1 Å². The molecule has 0 saturated carbocycles. The average molecular weight is 367 g/mol. The molecule has 3 rings (SSSR count). The van der Waals surface area contributed by atoms with Gasteiger partial charge in [0.15, 0.2) is 6.61 Å². The van der Waals surface area contributed by atoms with E-state index in [0.717, 1.165) is 11.3 Å². The molecule has 6 nitrogen and oxygen atoms in total. The standard InChI is InChI=1S/C17H16F3N3O3/c18-17(19,20)10-26-12-3-1-2-11(8-12)9-22-16-13-6-7-21-14(13)4-5-15(16)23(24)25/h1-5,8,21-22H,6-7,9-10H2. The van der Waals surface area contributed by atoms with Crippen LogP contribution in [-0.2, 0) is 13.0 Å². The molecule has 2 aromatic rings. The van der Waals surface area contributed by atoms with E-state index in [0.29, 0.717) is 24.2 Å². The zero-order valence-electron chi connectivity index (χ0n) is 13.6. The fourth-order valence-electron chi connectivity index (χ4n) is 2.83. The molecule has 138 valence electrons. The van der Waals surface area contributed by atoms with Crippen LogP contribution in [0.5, 0.6) is 5.75 Å². The third-order valence-electron chi connectivity index (χ3n) is 3.95. The topological polar surface area (TPSA) is 76.4 Å². The van der Waals surface area contributed by atoms with E-state index in [1.54, 1.807) is 18.2 Å². The highest BCUT2D eigenvalue weighted by Gasteiger charge is 2.28. The number of nitro benzene ring substituents is 1. The molecule has 1 heterocycles. The van der Waals surface area contributed by atoms with E-state index >= 15 is 0 Å². The molecule has 2 N–H and O–H groups in total. The van der Waals surface area contributed by atoms with Gasteiger partial charge in [0.1, 0.15) is 11.4 Å². The van der Waals surface area contributed by atoms with Crippen LogP contribution in [0.2, 0.25) is 0 Å². The monoisotopic (exact) mass is 367 g/mol. The molecule has 2 aromatic carbocycles. The highest BCUT2D eigenvalue weighted by molar-refractivity contribution is 5.77. The number of benzene rings is 2. The van der Waals surface area contributed by atoms with Gasteiger partial charge in [-0.05, 0) is 30.2 Å². The molecule has 0 unspecified atom stereocenters. The van der Waals surface area contributed by atoms with Crippen molar-refractivity contribution in [2.24, 2.45) is 0 Å². The lowest BCUT2D eigenvalue weighted by atomic mass is 10.1. The average Bonchev–Trinajstić information content (AvgIpc) is 3.06. The quantitative estimate of drug-likeness (QED) is 0.593. The minimum absolute atomic E-state index is 0.0306. The van der Waals surface area contributed by atoms with Crippen molar-refractivity contribution in [3.63, 3.8) is 0 Å². The van der Waals surface area contributed by atoms with Crippen LogP contribution in [0.3, 0.4) is 0 Å². The normalized spacial score (nSPS) is 13.0. The van der Waals surface area contributed by atoms with Crippen LogP contribution >= 0.6 is 0 Å². The van der Waals surface area contributed by atoms with E-state index < -0.39 is 17.7 Å². The lowest BCUT2D eigenvalue weighted by molar-refractivity contribution is -0.384. The van der Waals surface area contributed by atoms with Gasteiger partial charge in [-0.15, -0.1) is 0 Å². The molecule has 1 aliphatic rings. The summed E-state index contributed by atoms with van der Waals surface area (Å²) in [5, 5.41) is 17.5. The Bertz CT molecular complexity index is 825. The van der Waals surface area contributed by atoms with Crippen LogP contribution in [0.4, 0.5) is 30.2 Å². The third-order valence-corrected chi connectivity index (χ3v) is 3.95. The Kier molecular flexibility index (Phi) is 4.88. The predicted molar refractivity (Wildman–Crippen MR) is 90.6 cm³/mol. The predicted octanol–water partition coefficient (Wildman–Crippen LogP) is 4.12. The Morgan fingerprint density at radius 2 is 2.08 bits per heavy atom. The Morgan fingerprint density at radius 1 is 1.27 bits per heavy atom. The summed E-state index contributed by atoms with van der Waals surface area (Å²) in [7, 11) is 0. The second-order valence-electron chi connectivity index (χ2n) is 5.82. The molecule has 0 bridgehead atoms. The molecule has 9 heteroatoms. The van der Waals surface area contributed by atoms with Crippen molar-refractivity contribution in [3.8, 4) is 5.75 Å². The summed E-state index contributed by atoms with van der Waals surface area (Å²) in [6.07, 6.45) is -3.75. The number of anilines is 2. The molecule has 0 saturated heterocycles. The summed E-state index contributed by atoms with van der Waals surface area (Å²) in [5.74, 6) is 0.0936. The molecule has 0 aliphatic carbocycles.